The summed E-state index contributed by atoms with van der Waals surface area (Å²) in [4.78, 5) is 0. The van der Waals surface area contributed by atoms with E-state index < -0.39 is 0 Å². The molecule has 1 aromatic carbocycles. The summed E-state index contributed by atoms with van der Waals surface area (Å²) in [5.41, 5.74) is 1.12. The predicted molar refractivity (Wildman–Crippen MR) is 75.8 cm³/mol. The number of rotatable bonds is 9. The molecule has 1 unspecified atom stereocenters. The molecular weight excluding hydrogens is 242 g/mol. The summed E-state index contributed by atoms with van der Waals surface area (Å²) in [5.74, 6) is 1.63. The summed E-state index contributed by atoms with van der Waals surface area (Å²) in [7, 11) is 3.42. The number of anilines is 1. The van der Waals surface area contributed by atoms with Crippen molar-refractivity contribution < 1.29 is 14.2 Å². The van der Waals surface area contributed by atoms with E-state index in [1.54, 1.807) is 14.2 Å². The van der Waals surface area contributed by atoms with Gasteiger partial charge in [-0.05, 0) is 43.0 Å². The van der Waals surface area contributed by atoms with Gasteiger partial charge in [0.1, 0.15) is 12.4 Å². The number of hydrogen-bond acceptors (Lipinski definition) is 4. The fourth-order valence-corrected chi connectivity index (χ4v) is 2.08. The van der Waals surface area contributed by atoms with Crippen LogP contribution in [0.2, 0.25) is 0 Å². The quantitative estimate of drug-likeness (QED) is 0.697. The Morgan fingerprint density at radius 2 is 1.84 bits per heavy atom. The van der Waals surface area contributed by atoms with E-state index in [2.05, 4.69) is 5.32 Å². The highest BCUT2D eigenvalue weighted by Gasteiger charge is 2.30. The molecule has 4 heteroatoms. The Balaban J connectivity index is 1.83. The van der Waals surface area contributed by atoms with Crippen molar-refractivity contribution >= 4 is 5.69 Å². The van der Waals surface area contributed by atoms with Crippen LogP contribution in [0.1, 0.15) is 12.8 Å². The van der Waals surface area contributed by atoms with Gasteiger partial charge in [-0.25, -0.2) is 0 Å². The van der Waals surface area contributed by atoms with Gasteiger partial charge in [-0.1, -0.05) is 0 Å². The standard InChI is InChI=1S/C15H23NO3/c1-17-9-10-19-14-7-5-13(6-8-14)16-15(11-18-2)12-3-4-12/h5-8,12,15-16H,3-4,9-11H2,1-2H3. The molecule has 0 bridgehead atoms. The topological polar surface area (TPSA) is 39.7 Å². The second kappa shape index (κ2) is 7.36. The van der Waals surface area contributed by atoms with Crippen molar-refractivity contribution in [2.75, 3.05) is 39.4 Å². The first-order valence-corrected chi connectivity index (χ1v) is 6.80. The summed E-state index contributed by atoms with van der Waals surface area (Å²) < 4.78 is 15.8. The van der Waals surface area contributed by atoms with Gasteiger partial charge in [0, 0.05) is 19.9 Å². The minimum atomic E-state index is 0.422. The highest BCUT2D eigenvalue weighted by Crippen LogP contribution is 2.34. The Morgan fingerprint density at radius 1 is 1.11 bits per heavy atom. The van der Waals surface area contributed by atoms with E-state index in [1.165, 1.54) is 12.8 Å². The molecule has 0 spiro atoms. The van der Waals surface area contributed by atoms with E-state index >= 15 is 0 Å². The van der Waals surface area contributed by atoms with Crippen LogP contribution in [0.4, 0.5) is 5.69 Å². The zero-order valence-electron chi connectivity index (χ0n) is 11.7. The molecule has 0 saturated heterocycles. The third-order valence-corrected chi connectivity index (χ3v) is 3.30. The molecule has 1 fully saturated rings. The van der Waals surface area contributed by atoms with Gasteiger partial charge in [0.25, 0.3) is 0 Å². The molecule has 0 heterocycles. The molecule has 19 heavy (non-hydrogen) atoms. The van der Waals surface area contributed by atoms with E-state index in [-0.39, 0.29) is 0 Å². The minimum absolute atomic E-state index is 0.422. The molecule has 1 aliphatic carbocycles. The van der Waals surface area contributed by atoms with Crippen LogP contribution < -0.4 is 10.1 Å². The largest absolute Gasteiger partial charge is 0.491 e. The van der Waals surface area contributed by atoms with Crippen LogP contribution in [0.15, 0.2) is 24.3 Å². The highest BCUT2D eigenvalue weighted by atomic mass is 16.5. The van der Waals surface area contributed by atoms with Gasteiger partial charge in [0.05, 0.1) is 19.3 Å². The summed E-state index contributed by atoms with van der Waals surface area (Å²) >= 11 is 0. The zero-order valence-corrected chi connectivity index (χ0v) is 11.7. The van der Waals surface area contributed by atoms with Crippen molar-refractivity contribution in [3.63, 3.8) is 0 Å². The van der Waals surface area contributed by atoms with Crippen LogP contribution in [0.5, 0.6) is 5.75 Å². The lowest BCUT2D eigenvalue weighted by atomic mass is 10.2. The maximum atomic E-state index is 5.54. The SMILES string of the molecule is COCCOc1ccc(NC(COC)C2CC2)cc1. The maximum Gasteiger partial charge on any atom is 0.119 e. The number of ether oxygens (including phenoxy) is 3. The smallest absolute Gasteiger partial charge is 0.119 e. The summed E-state index contributed by atoms with van der Waals surface area (Å²) in [5, 5.41) is 3.53. The van der Waals surface area contributed by atoms with Gasteiger partial charge in [-0.2, -0.15) is 0 Å². The molecule has 1 N–H and O–H groups in total. The van der Waals surface area contributed by atoms with Crippen molar-refractivity contribution in [1.82, 2.24) is 0 Å². The average Bonchev–Trinajstić information content (AvgIpc) is 3.25. The third kappa shape index (κ3) is 4.73. The Bertz CT molecular complexity index is 362. The summed E-state index contributed by atoms with van der Waals surface area (Å²) in [6.45, 7) is 1.95. The minimum Gasteiger partial charge on any atom is -0.491 e. The second-order valence-electron chi connectivity index (χ2n) is 4.91. The monoisotopic (exact) mass is 265 g/mol. The van der Waals surface area contributed by atoms with Gasteiger partial charge in [-0.3, -0.25) is 0 Å². The first kappa shape index (κ1) is 14.2. The second-order valence-corrected chi connectivity index (χ2v) is 4.91. The highest BCUT2D eigenvalue weighted by molar-refractivity contribution is 5.47. The number of hydrogen-bond donors (Lipinski definition) is 1. The zero-order chi connectivity index (χ0) is 13.5. The molecule has 0 aliphatic heterocycles. The molecule has 106 valence electrons. The van der Waals surface area contributed by atoms with Crippen LogP contribution in [0.25, 0.3) is 0 Å². The van der Waals surface area contributed by atoms with Gasteiger partial charge in [-0.15, -0.1) is 0 Å². The fraction of sp³-hybridized carbons (Fsp3) is 0.600. The molecular formula is C15H23NO3. The van der Waals surface area contributed by atoms with Crippen molar-refractivity contribution in [2.45, 2.75) is 18.9 Å². The van der Waals surface area contributed by atoms with Crippen LogP contribution in [0.3, 0.4) is 0 Å². The third-order valence-electron chi connectivity index (χ3n) is 3.30. The van der Waals surface area contributed by atoms with Gasteiger partial charge in [0.15, 0.2) is 0 Å². The molecule has 1 atom stereocenters. The molecule has 1 aromatic rings. The van der Waals surface area contributed by atoms with E-state index in [4.69, 9.17) is 14.2 Å². The Morgan fingerprint density at radius 3 is 2.42 bits per heavy atom. The lowest BCUT2D eigenvalue weighted by molar-refractivity contribution is 0.146. The number of benzene rings is 1. The first-order valence-electron chi connectivity index (χ1n) is 6.80. The Labute approximate surface area is 115 Å². The molecule has 1 aliphatic rings. The van der Waals surface area contributed by atoms with Crippen molar-refractivity contribution in [3.05, 3.63) is 24.3 Å². The molecule has 2 rings (SSSR count). The fourth-order valence-electron chi connectivity index (χ4n) is 2.08. The molecule has 0 radical (unpaired) electrons. The van der Waals surface area contributed by atoms with Crippen LogP contribution in [-0.4, -0.2) is 40.1 Å². The number of nitrogens with one attached hydrogen (secondary N) is 1. The molecule has 0 aromatic heterocycles. The van der Waals surface area contributed by atoms with E-state index in [0.717, 1.165) is 24.0 Å². The van der Waals surface area contributed by atoms with E-state index in [9.17, 15) is 0 Å². The molecule has 4 nitrogen and oxygen atoms in total. The Kier molecular flexibility index (Phi) is 5.48. The first-order chi connectivity index (χ1) is 9.33. The van der Waals surface area contributed by atoms with Gasteiger partial charge in [0.2, 0.25) is 0 Å². The molecule has 0 amide bonds. The normalized spacial score (nSPS) is 16.1. The lowest BCUT2D eigenvalue weighted by Gasteiger charge is -2.18. The van der Waals surface area contributed by atoms with Gasteiger partial charge < -0.3 is 19.5 Å². The molecule has 1 saturated carbocycles. The lowest BCUT2D eigenvalue weighted by Crippen LogP contribution is -2.27. The van der Waals surface area contributed by atoms with Crippen LogP contribution >= 0.6 is 0 Å². The van der Waals surface area contributed by atoms with Crippen LogP contribution in [-0.2, 0) is 9.47 Å². The van der Waals surface area contributed by atoms with Crippen molar-refractivity contribution in [2.24, 2.45) is 5.92 Å². The van der Waals surface area contributed by atoms with Crippen molar-refractivity contribution in [1.29, 1.82) is 0 Å². The predicted octanol–water partition coefficient (Wildman–Crippen LogP) is 2.55. The van der Waals surface area contributed by atoms with E-state index in [0.29, 0.717) is 19.3 Å². The van der Waals surface area contributed by atoms with Crippen molar-refractivity contribution in [3.8, 4) is 5.75 Å². The Hall–Kier alpha value is -1.26. The van der Waals surface area contributed by atoms with Crippen LogP contribution in [0, 0.1) is 5.92 Å². The van der Waals surface area contributed by atoms with E-state index in [1.807, 2.05) is 24.3 Å². The average molecular weight is 265 g/mol. The van der Waals surface area contributed by atoms with Gasteiger partial charge >= 0.3 is 0 Å². The number of methoxy groups -OCH3 is 2. The summed E-state index contributed by atoms with van der Waals surface area (Å²) in [6.07, 6.45) is 2.61. The maximum absolute atomic E-state index is 5.54. The summed E-state index contributed by atoms with van der Waals surface area (Å²) in [6, 6.07) is 8.48.